The number of benzene rings is 1. The van der Waals surface area contributed by atoms with Gasteiger partial charge in [0, 0.05) is 68.5 Å². The largest absolute Gasteiger partial charge is 0.497 e. The molecular formula is C21H24N6O3. The van der Waals surface area contributed by atoms with Gasteiger partial charge in [0.05, 0.1) is 14.2 Å². The molecule has 0 bridgehead atoms. The van der Waals surface area contributed by atoms with Gasteiger partial charge >= 0.3 is 6.03 Å². The SMILES string of the molecule is COc1cc(NC(=O)N2CCN(c3cc(-n4cccc4)ncn3)CC2)cc(OC)c1. The maximum Gasteiger partial charge on any atom is 0.321 e. The molecule has 1 aromatic carbocycles. The van der Waals surface area contributed by atoms with E-state index in [-0.39, 0.29) is 6.03 Å². The zero-order chi connectivity index (χ0) is 20.9. The Morgan fingerprint density at radius 2 is 1.53 bits per heavy atom. The zero-order valence-electron chi connectivity index (χ0n) is 17.0. The summed E-state index contributed by atoms with van der Waals surface area (Å²) in [4.78, 5) is 25.4. The molecule has 1 fully saturated rings. The van der Waals surface area contributed by atoms with E-state index in [1.165, 1.54) is 0 Å². The van der Waals surface area contributed by atoms with Crippen LogP contribution in [0.5, 0.6) is 11.5 Å². The van der Waals surface area contributed by atoms with Crippen molar-refractivity contribution in [2.75, 3.05) is 50.6 Å². The molecule has 1 aliphatic rings. The number of piperazine rings is 1. The van der Waals surface area contributed by atoms with Gasteiger partial charge < -0.3 is 29.2 Å². The Kier molecular flexibility index (Phi) is 5.69. The Morgan fingerprint density at radius 1 is 0.900 bits per heavy atom. The first-order valence-corrected chi connectivity index (χ1v) is 9.65. The number of amides is 2. The molecule has 9 nitrogen and oxygen atoms in total. The number of hydrogen-bond donors (Lipinski definition) is 1. The van der Waals surface area contributed by atoms with E-state index in [0.717, 1.165) is 11.6 Å². The molecule has 4 rings (SSSR count). The molecule has 3 aromatic rings. The topological polar surface area (TPSA) is 84.8 Å². The average molecular weight is 408 g/mol. The summed E-state index contributed by atoms with van der Waals surface area (Å²) in [5.74, 6) is 2.91. The van der Waals surface area contributed by atoms with E-state index >= 15 is 0 Å². The van der Waals surface area contributed by atoms with E-state index in [4.69, 9.17) is 9.47 Å². The first kappa shape index (κ1) is 19.6. The molecule has 3 heterocycles. The number of anilines is 2. The third kappa shape index (κ3) is 4.29. The lowest BCUT2D eigenvalue weighted by Gasteiger charge is -2.35. The van der Waals surface area contributed by atoms with Crippen LogP contribution in [0, 0.1) is 0 Å². The molecule has 0 saturated carbocycles. The molecule has 1 N–H and O–H groups in total. The molecule has 1 saturated heterocycles. The number of nitrogens with one attached hydrogen (secondary N) is 1. The summed E-state index contributed by atoms with van der Waals surface area (Å²) in [5, 5.41) is 2.92. The lowest BCUT2D eigenvalue weighted by molar-refractivity contribution is 0.208. The molecule has 0 unspecified atom stereocenters. The number of nitrogens with zero attached hydrogens (tertiary/aromatic N) is 5. The fourth-order valence-electron chi connectivity index (χ4n) is 3.36. The van der Waals surface area contributed by atoms with Crippen molar-refractivity contribution in [1.29, 1.82) is 0 Å². The fourth-order valence-corrected chi connectivity index (χ4v) is 3.36. The van der Waals surface area contributed by atoms with Gasteiger partial charge in [0.15, 0.2) is 0 Å². The third-order valence-corrected chi connectivity index (χ3v) is 5.00. The van der Waals surface area contributed by atoms with E-state index in [0.29, 0.717) is 43.4 Å². The number of urea groups is 1. The minimum atomic E-state index is -0.152. The summed E-state index contributed by atoms with van der Waals surface area (Å²) in [5.41, 5.74) is 0.630. The van der Waals surface area contributed by atoms with Gasteiger partial charge in [-0.15, -0.1) is 0 Å². The number of methoxy groups -OCH3 is 2. The molecule has 0 spiro atoms. The summed E-state index contributed by atoms with van der Waals surface area (Å²) in [7, 11) is 3.16. The minimum Gasteiger partial charge on any atom is -0.497 e. The molecule has 2 aromatic heterocycles. The Bertz CT molecular complexity index is 977. The number of aromatic nitrogens is 3. The van der Waals surface area contributed by atoms with Crippen LogP contribution in [0.25, 0.3) is 5.82 Å². The Balaban J connectivity index is 1.38. The highest BCUT2D eigenvalue weighted by atomic mass is 16.5. The first-order chi connectivity index (χ1) is 14.7. The second-order valence-electron chi connectivity index (χ2n) is 6.83. The predicted molar refractivity (Wildman–Crippen MR) is 114 cm³/mol. The van der Waals surface area contributed by atoms with E-state index in [2.05, 4.69) is 20.2 Å². The van der Waals surface area contributed by atoms with Crippen LogP contribution in [-0.2, 0) is 0 Å². The summed E-state index contributed by atoms with van der Waals surface area (Å²) >= 11 is 0. The van der Waals surface area contributed by atoms with Gasteiger partial charge in [-0.3, -0.25) is 0 Å². The highest BCUT2D eigenvalue weighted by Gasteiger charge is 2.22. The van der Waals surface area contributed by atoms with Crippen molar-refractivity contribution in [2.24, 2.45) is 0 Å². The molecular weight excluding hydrogens is 384 g/mol. The maximum atomic E-state index is 12.7. The van der Waals surface area contributed by atoms with Crippen molar-refractivity contribution < 1.29 is 14.3 Å². The smallest absolute Gasteiger partial charge is 0.321 e. The molecule has 2 amide bonds. The summed E-state index contributed by atoms with van der Waals surface area (Å²) in [6, 6.07) is 11.0. The lowest BCUT2D eigenvalue weighted by atomic mass is 10.2. The van der Waals surface area contributed by atoms with E-state index in [1.807, 2.05) is 35.2 Å². The fraction of sp³-hybridized carbons (Fsp3) is 0.286. The Labute approximate surface area is 174 Å². The van der Waals surface area contributed by atoms with E-state index in [1.54, 1.807) is 43.6 Å². The lowest BCUT2D eigenvalue weighted by Crippen LogP contribution is -2.50. The van der Waals surface area contributed by atoms with Crippen LogP contribution in [-0.4, -0.2) is 65.9 Å². The minimum absolute atomic E-state index is 0.152. The van der Waals surface area contributed by atoms with Crippen LogP contribution >= 0.6 is 0 Å². The van der Waals surface area contributed by atoms with Crippen molar-refractivity contribution in [3.8, 4) is 17.3 Å². The quantitative estimate of drug-likeness (QED) is 0.699. The number of carbonyl (C=O) groups excluding carboxylic acids is 1. The summed E-state index contributed by atoms with van der Waals surface area (Å²) in [6.45, 7) is 2.57. The van der Waals surface area contributed by atoms with Crippen molar-refractivity contribution in [1.82, 2.24) is 19.4 Å². The molecule has 9 heteroatoms. The van der Waals surface area contributed by atoms with Crippen molar-refractivity contribution in [3.05, 3.63) is 55.1 Å². The molecule has 0 atom stereocenters. The van der Waals surface area contributed by atoms with Gasteiger partial charge in [-0.25, -0.2) is 14.8 Å². The summed E-state index contributed by atoms with van der Waals surface area (Å²) in [6.07, 6.45) is 5.46. The first-order valence-electron chi connectivity index (χ1n) is 9.65. The van der Waals surface area contributed by atoms with Gasteiger partial charge in [0.25, 0.3) is 0 Å². The highest BCUT2D eigenvalue weighted by Crippen LogP contribution is 2.26. The van der Waals surface area contributed by atoms with Gasteiger partial charge in [0.1, 0.15) is 29.5 Å². The van der Waals surface area contributed by atoms with Gasteiger partial charge in [-0.1, -0.05) is 0 Å². The van der Waals surface area contributed by atoms with Crippen LogP contribution in [0.4, 0.5) is 16.3 Å². The highest BCUT2D eigenvalue weighted by molar-refractivity contribution is 5.90. The van der Waals surface area contributed by atoms with Crippen LogP contribution in [0.15, 0.2) is 55.1 Å². The van der Waals surface area contributed by atoms with E-state index < -0.39 is 0 Å². The van der Waals surface area contributed by atoms with Crippen molar-refractivity contribution in [2.45, 2.75) is 0 Å². The number of rotatable bonds is 5. The van der Waals surface area contributed by atoms with Gasteiger partial charge in [-0.05, 0) is 12.1 Å². The van der Waals surface area contributed by atoms with Crippen LogP contribution in [0.1, 0.15) is 0 Å². The van der Waals surface area contributed by atoms with Gasteiger partial charge in [-0.2, -0.15) is 0 Å². The van der Waals surface area contributed by atoms with Gasteiger partial charge in [0.2, 0.25) is 0 Å². The molecule has 1 aliphatic heterocycles. The Morgan fingerprint density at radius 3 is 2.17 bits per heavy atom. The summed E-state index contributed by atoms with van der Waals surface area (Å²) < 4.78 is 12.5. The molecule has 0 radical (unpaired) electrons. The van der Waals surface area contributed by atoms with Crippen molar-refractivity contribution in [3.63, 3.8) is 0 Å². The van der Waals surface area contributed by atoms with Crippen LogP contribution in [0.2, 0.25) is 0 Å². The Hall–Kier alpha value is -3.75. The van der Waals surface area contributed by atoms with Crippen LogP contribution < -0.4 is 19.7 Å². The second kappa shape index (κ2) is 8.73. The predicted octanol–water partition coefficient (Wildman–Crippen LogP) is 2.64. The standard InChI is InChI=1S/C21H24N6O3/c1-29-17-11-16(12-18(13-17)30-2)24-21(28)27-9-7-26(8-10-27)20-14-19(22-15-23-20)25-5-3-4-6-25/h3-6,11-15H,7-10H2,1-2H3,(H,24,28). The number of ether oxygens (including phenoxy) is 2. The van der Waals surface area contributed by atoms with Crippen LogP contribution in [0.3, 0.4) is 0 Å². The number of hydrogen-bond acceptors (Lipinski definition) is 6. The maximum absolute atomic E-state index is 12.7. The van der Waals surface area contributed by atoms with Crippen molar-refractivity contribution >= 4 is 17.5 Å². The normalized spacial score (nSPS) is 13.8. The van der Waals surface area contributed by atoms with E-state index in [9.17, 15) is 4.79 Å². The average Bonchev–Trinajstić information content (AvgIpc) is 3.34. The third-order valence-electron chi connectivity index (χ3n) is 5.00. The second-order valence-corrected chi connectivity index (χ2v) is 6.83. The number of carbonyl (C=O) groups is 1. The zero-order valence-corrected chi connectivity index (χ0v) is 17.0. The molecule has 0 aliphatic carbocycles. The molecule has 30 heavy (non-hydrogen) atoms. The molecule has 156 valence electrons. The monoisotopic (exact) mass is 408 g/mol.